The first-order valence-electron chi connectivity index (χ1n) is 5.36. The first-order valence-corrected chi connectivity index (χ1v) is 5.74. The maximum Gasteiger partial charge on any atom is 0.0636 e. The molecular weight excluding hydrogens is 210 g/mol. The van der Waals surface area contributed by atoms with Gasteiger partial charge in [-0.3, -0.25) is 0 Å². The molecule has 0 unspecified atom stereocenters. The topological polar surface area (TPSA) is 32.3 Å². The van der Waals surface area contributed by atoms with E-state index in [1.54, 1.807) is 6.92 Å². The van der Waals surface area contributed by atoms with Crippen molar-refractivity contribution in [1.82, 2.24) is 5.32 Å². The highest BCUT2D eigenvalue weighted by atomic mass is 35.5. The van der Waals surface area contributed by atoms with E-state index in [1.807, 2.05) is 12.1 Å². The van der Waals surface area contributed by atoms with Crippen LogP contribution in [0.4, 0.5) is 0 Å². The van der Waals surface area contributed by atoms with Gasteiger partial charge in [-0.15, -0.1) is 0 Å². The van der Waals surface area contributed by atoms with Gasteiger partial charge in [0, 0.05) is 17.6 Å². The molecule has 2 nitrogen and oxygen atoms in total. The van der Waals surface area contributed by atoms with Crippen molar-refractivity contribution in [3.05, 3.63) is 34.3 Å². The van der Waals surface area contributed by atoms with Crippen molar-refractivity contribution in [2.45, 2.75) is 31.9 Å². The fraction of sp³-hybridized carbons (Fsp3) is 0.500. The highest BCUT2D eigenvalue weighted by Gasteiger charge is 2.21. The van der Waals surface area contributed by atoms with E-state index in [9.17, 15) is 5.11 Å². The number of aliphatic hydroxyl groups is 1. The SMILES string of the molecule is C[C@@H](O)CN[C@@H]1CCc2cc(Cl)ccc21. The van der Waals surface area contributed by atoms with E-state index in [0.717, 1.165) is 17.9 Å². The summed E-state index contributed by atoms with van der Waals surface area (Å²) in [5, 5.41) is 13.4. The number of fused-ring (bicyclic) bond motifs is 1. The van der Waals surface area contributed by atoms with Crippen molar-refractivity contribution < 1.29 is 5.11 Å². The van der Waals surface area contributed by atoms with Gasteiger partial charge in [0.05, 0.1) is 6.10 Å². The van der Waals surface area contributed by atoms with Crippen molar-refractivity contribution >= 4 is 11.6 Å². The second-order valence-electron chi connectivity index (χ2n) is 4.19. The number of halogens is 1. The van der Waals surface area contributed by atoms with Crippen LogP contribution in [-0.4, -0.2) is 17.8 Å². The van der Waals surface area contributed by atoms with E-state index < -0.39 is 0 Å². The van der Waals surface area contributed by atoms with Crippen molar-refractivity contribution in [3.63, 3.8) is 0 Å². The van der Waals surface area contributed by atoms with Gasteiger partial charge in [0.2, 0.25) is 0 Å². The van der Waals surface area contributed by atoms with Gasteiger partial charge in [0.15, 0.2) is 0 Å². The van der Waals surface area contributed by atoms with E-state index in [1.165, 1.54) is 11.1 Å². The largest absolute Gasteiger partial charge is 0.392 e. The van der Waals surface area contributed by atoms with Crippen LogP contribution >= 0.6 is 11.6 Å². The number of hydrogen-bond donors (Lipinski definition) is 2. The summed E-state index contributed by atoms with van der Waals surface area (Å²) in [5.41, 5.74) is 2.67. The highest BCUT2D eigenvalue weighted by Crippen LogP contribution is 2.32. The second kappa shape index (κ2) is 4.52. The van der Waals surface area contributed by atoms with Crippen molar-refractivity contribution in [1.29, 1.82) is 0 Å². The van der Waals surface area contributed by atoms with Gasteiger partial charge in [0.1, 0.15) is 0 Å². The van der Waals surface area contributed by atoms with Crippen molar-refractivity contribution in [2.75, 3.05) is 6.54 Å². The van der Waals surface area contributed by atoms with Crippen LogP contribution in [0.5, 0.6) is 0 Å². The minimum Gasteiger partial charge on any atom is -0.392 e. The van der Waals surface area contributed by atoms with Crippen molar-refractivity contribution in [3.8, 4) is 0 Å². The number of rotatable bonds is 3. The predicted molar refractivity (Wildman–Crippen MR) is 62.2 cm³/mol. The summed E-state index contributed by atoms with van der Waals surface area (Å²) in [6.07, 6.45) is 1.89. The highest BCUT2D eigenvalue weighted by molar-refractivity contribution is 6.30. The molecule has 1 aliphatic rings. The lowest BCUT2D eigenvalue weighted by Crippen LogP contribution is -2.27. The molecule has 82 valence electrons. The third kappa shape index (κ3) is 2.51. The molecule has 1 aliphatic carbocycles. The Bertz CT molecular complexity index is 351. The number of aliphatic hydroxyl groups excluding tert-OH is 1. The number of hydrogen-bond acceptors (Lipinski definition) is 2. The predicted octanol–water partition coefficient (Wildman–Crippen LogP) is 2.30. The normalized spacial score (nSPS) is 21.4. The average Bonchev–Trinajstić information content (AvgIpc) is 2.57. The Morgan fingerprint density at radius 2 is 2.40 bits per heavy atom. The van der Waals surface area contributed by atoms with E-state index in [2.05, 4.69) is 11.4 Å². The molecule has 2 N–H and O–H groups in total. The molecule has 0 radical (unpaired) electrons. The van der Waals surface area contributed by atoms with Crippen LogP contribution < -0.4 is 5.32 Å². The fourth-order valence-corrected chi connectivity index (χ4v) is 2.31. The number of aryl methyl sites for hydroxylation is 1. The molecule has 0 spiro atoms. The second-order valence-corrected chi connectivity index (χ2v) is 4.63. The molecule has 15 heavy (non-hydrogen) atoms. The molecule has 0 aromatic heterocycles. The van der Waals surface area contributed by atoms with E-state index >= 15 is 0 Å². The minimum atomic E-state index is -0.290. The Labute approximate surface area is 95.3 Å². The van der Waals surface area contributed by atoms with Crippen LogP contribution in [0.2, 0.25) is 5.02 Å². The van der Waals surface area contributed by atoms with Gasteiger partial charge < -0.3 is 10.4 Å². The lowest BCUT2D eigenvalue weighted by atomic mass is 10.1. The average molecular weight is 226 g/mol. The van der Waals surface area contributed by atoms with E-state index in [4.69, 9.17) is 11.6 Å². The third-order valence-electron chi connectivity index (χ3n) is 2.84. The van der Waals surface area contributed by atoms with Crippen LogP contribution in [0.3, 0.4) is 0 Å². The Hall–Kier alpha value is -0.570. The summed E-state index contributed by atoms with van der Waals surface area (Å²) in [4.78, 5) is 0. The van der Waals surface area contributed by atoms with E-state index in [0.29, 0.717) is 12.6 Å². The zero-order valence-corrected chi connectivity index (χ0v) is 9.59. The summed E-state index contributed by atoms with van der Waals surface area (Å²) in [6.45, 7) is 2.44. The van der Waals surface area contributed by atoms with Gasteiger partial charge in [0.25, 0.3) is 0 Å². The molecule has 0 heterocycles. The minimum absolute atomic E-state index is 0.290. The maximum absolute atomic E-state index is 9.22. The molecule has 0 saturated carbocycles. The Morgan fingerprint density at radius 1 is 1.60 bits per heavy atom. The standard InChI is InChI=1S/C12H16ClNO/c1-8(15)7-14-12-5-2-9-6-10(13)3-4-11(9)12/h3-4,6,8,12,14-15H,2,5,7H2,1H3/t8-,12-/m1/s1. The number of nitrogens with one attached hydrogen (secondary N) is 1. The van der Waals surface area contributed by atoms with Gasteiger partial charge in [-0.25, -0.2) is 0 Å². The number of benzene rings is 1. The third-order valence-corrected chi connectivity index (χ3v) is 3.08. The van der Waals surface area contributed by atoms with Gasteiger partial charge in [-0.1, -0.05) is 17.7 Å². The van der Waals surface area contributed by atoms with Crippen LogP contribution in [-0.2, 0) is 6.42 Å². The molecule has 0 saturated heterocycles. The Balaban J connectivity index is 2.08. The van der Waals surface area contributed by atoms with E-state index in [-0.39, 0.29) is 6.10 Å². The lowest BCUT2D eigenvalue weighted by molar-refractivity contribution is 0.186. The molecule has 1 aromatic carbocycles. The van der Waals surface area contributed by atoms with Crippen molar-refractivity contribution in [2.24, 2.45) is 0 Å². The quantitative estimate of drug-likeness (QED) is 0.828. The monoisotopic (exact) mass is 225 g/mol. The first kappa shape index (κ1) is 10.9. The summed E-state index contributed by atoms with van der Waals surface area (Å²) < 4.78 is 0. The molecule has 0 bridgehead atoms. The maximum atomic E-state index is 9.22. The van der Waals surface area contributed by atoms with Crippen LogP contribution in [0, 0.1) is 0 Å². The molecule has 2 atom stereocenters. The first-order chi connectivity index (χ1) is 7.16. The molecular formula is C12H16ClNO. The summed E-state index contributed by atoms with van der Waals surface area (Å²) in [6, 6.07) is 6.44. The summed E-state index contributed by atoms with van der Waals surface area (Å²) in [7, 11) is 0. The Kier molecular flexibility index (Phi) is 3.29. The van der Waals surface area contributed by atoms with Gasteiger partial charge in [-0.2, -0.15) is 0 Å². The fourth-order valence-electron chi connectivity index (χ4n) is 2.11. The lowest BCUT2D eigenvalue weighted by Gasteiger charge is -2.15. The molecule has 0 aliphatic heterocycles. The zero-order chi connectivity index (χ0) is 10.8. The van der Waals surface area contributed by atoms with Crippen LogP contribution in [0.25, 0.3) is 0 Å². The molecule has 1 aromatic rings. The smallest absolute Gasteiger partial charge is 0.0636 e. The summed E-state index contributed by atoms with van der Waals surface area (Å²) >= 11 is 5.94. The molecule has 2 rings (SSSR count). The zero-order valence-electron chi connectivity index (χ0n) is 8.83. The summed E-state index contributed by atoms with van der Waals surface area (Å²) in [5.74, 6) is 0. The van der Waals surface area contributed by atoms with Crippen LogP contribution in [0.1, 0.15) is 30.5 Å². The Morgan fingerprint density at radius 3 is 3.13 bits per heavy atom. The molecule has 3 heteroatoms. The molecule has 0 amide bonds. The molecule has 0 fully saturated rings. The van der Waals surface area contributed by atoms with Gasteiger partial charge >= 0.3 is 0 Å². The van der Waals surface area contributed by atoms with Gasteiger partial charge in [-0.05, 0) is 43.0 Å². The van der Waals surface area contributed by atoms with Crippen LogP contribution in [0.15, 0.2) is 18.2 Å².